The lowest BCUT2D eigenvalue weighted by Crippen LogP contribution is -1.98. The highest BCUT2D eigenvalue weighted by Gasteiger charge is 2.03. The number of benzene rings is 2. The van der Waals surface area contributed by atoms with Gasteiger partial charge < -0.3 is 15.0 Å². The molecule has 0 radical (unpaired) electrons. The zero-order valence-electron chi connectivity index (χ0n) is 12.0. The minimum Gasteiger partial charge on any atom is -0.392 e. The summed E-state index contributed by atoms with van der Waals surface area (Å²) in [6.45, 7) is -0.109. The number of rotatable bonds is 7. The van der Waals surface area contributed by atoms with Gasteiger partial charge in [-0.2, -0.15) is 0 Å². The van der Waals surface area contributed by atoms with Crippen LogP contribution in [0.4, 0.5) is 0 Å². The number of aliphatic hydroxyl groups excluding tert-OH is 2. The SMILES string of the molecule is O=CCc1cccc(CCc2ccc(CO)c(CO)c2)c1. The normalized spacial score (nSPS) is 10.6. The Labute approximate surface area is 124 Å². The summed E-state index contributed by atoms with van der Waals surface area (Å²) in [6, 6.07) is 13.8. The van der Waals surface area contributed by atoms with Crippen LogP contribution in [-0.2, 0) is 37.3 Å². The Bertz CT molecular complexity index is 605. The minimum atomic E-state index is -0.0570. The Morgan fingerprint density at radius 3 is 2.14 bits per heavy atom. The maximum Gasteiger partial charge on any atom is 0.124 e. The molecule has 110 valence electrons. The standard InChI is InChI=1S/C18H20O3/c19-9-8-15-3-1-2-14(10-15)4-5-16-6-7-17(12-20)18(11-16)13-21/h1-3,6-7,9-11,20-21H,4-5,8,12-13H2. The van der Waals surface area contributed by atoms with Crippen LogP contribution in [0, 0.1) is 0 Å². The Morgan fingerprint density at radius 2 is 1.48 bits per heavy atom. The minimum absolute atomic E-state index is 0.0517. The van der Waals surface area contributed by atoms with E-state index in [1.165, 1.54) is 5.56 Å². The maximum absolute atomic E-state index is 10.6. The molecular formula is C18H20O3. The van der Waals surface area contributed by atoms with E-state index in [0.29, 0.717) is 6.42 Å². The second-order valence-electron chi connectivity index (χ2n) is 5.11. The van der Waals surface area contributed by atoms with Gasteiger partial charge in [0, 0.05) is 6.42 Å². The first kappa shape index (κ1) is 15.4. The molecule has 0 fully saturated rings. The quantitative estimate of drug-likeness (QED) is 0.766. The Balaban J connectivity index is 2.05. The van der Waals surface area contributed by atoms with Crippen molar-refractivity contribution in [2.45, 2.75) is 32.5 Å². The summed E-state index contributed by atoms with van der Waals surface area (Å²) in [5, 5.41) is 18.5. The molecule has 0 bridgehead atoms. The van der Waals surface area contributed by atoms with Crippen molar-refractivity contribution < 1.29 is 15.0 Å². The highest BCUT2D eigenvalue weighted by Crippen LogP contribution is 2.15. The van der Waals surface area contributed by atoms with E-state index in [1.807, 2.05) is 30.3 Å². The summed E-state index contributed by atoms with van der Waals surface area (Å²) in [7, 11) is 0. The fourth-order valence-electron chi connectivity index (χ4n) is 2.43. The monoisotopic (exact) mass is 284 g/mol. The van der Waals surface area contributed by atoms with Crippen molar-refractivity contribution in [3.05, 3.63) is 70.3 Å². The van der Waals surface area contributed by atoms with E-state index in [4.69, 9.17) is 0 Å². The zero-order chi connectivity index (χ0) is 15.1. The summed E-state index contributed by atoms with van der Waals surface area (Å²) in [5.74, 6) is 0. The van der Waals surface area contributed by atoms with Gasteiger partial charge in [0.25, 0.3) is 0 Å². The van der Waals surface area contributed by atoms with Gasteiger partial charge in [-0.25, -0.2) is 0 Å². The highest BCUT2D eigenvalue weighted by atomic mass is 16.3. The fourth-order valence-corrected chi connectivity index (χ4v) is 2.43. The molecule has 0 aliphatic carbocycles. The highest BCUT2D eigenvalue weighted by molar-refractivity contribution is 5.55. The van der Waals surface area contributed by atoms with Gasteiger partial charge in [-0.1, -0.05) is 42.5 Å². The van der Waals surface area contributed by atoms with Gasteiger partial charge in [0.1, 0.15) is 6.29 Å². The lowest BCUT2D eigenvalue weighted by atomic mass is 9.98. The molecule has 0 saturated heterocycles. The van der Waals surface area contributed by atoms with E-state index < -0.39 is 0 Å². The van der Waals surface area contributed by atoms with Crippen molar-refractivity contribution >= 4 is 6.29 Å². The molecule has 2 N–H and O–H groups in total. The van der Waals surface area contributed by atoms with Crippen molar-refractivity contribution in [3.63, 3.8) is 0 Å². The van der Waals surface area contributed by atoms with Gasteiger partial charge in [0.2, 0.25) is 0 Å². The Morgan fingerprint density at radius 1 is 0.810 bits per heavy atom. The first-order chi connectivity index (χ1) is 10.3. The third kappa shape index (κ3) is 4.25. The summed E-state index contributed by atoms with van der Waals surface area (Å²) < 4.78 is 0. The maximum atomic E-state index is 10.6. The molecule has 0 aromatic heterocycles. The van der Waals surface area contributed by atoms with Crippen LogP contribution in [0.1, 0.15) is 27.8 Å². The smallest absolute Gasteiger partial charge is 0.124 e. The lowest BCUT2D eigenvalue weighted by Gasteiger charge is -2.09. The van der Waals surface area contributed by atoms with Gasteiger partial charge in [-0.05, 0) is 40.7 Å². The van der Waals surface area contributed by atoms with Gasteiger partial charge in [-0.3, -0.25) is 0 Å². The number of carbonyl (C=O) groups excluding carboxylic acids is 1. The van der Waals surface area contributed by atoms with Crippen molar-refractivity contribution in [1.29, 1.82) is 0 Å². The second-order valence-corrected chi connectivity index (χ2v) is 5.11. The van der Waals surface area contributed by atoms with Crippen LogP contribution < -0.4 is 0 Å². The average Bonchev–Trinajstić information content (AvgIpc) is 2.53. The van der Waals surface area contributed by atoms with Crippen LogP contribution in [0.2, 0.25) is 0 Å². The molecule has 2 aromatic carbocycles. The topological polar surface area (TPSA) is 57.5 Å². The van der Waals surface area contributed by atoms with E-state index in [9.17, 15) is 15.0 Å². The third-order valence-electron chi connectivity index (χ3n) is 3.62. The first-order valence-corrected chi connectivity index (χ1v) is 7.10. The predicted octanol–water partition coefficient (Wildman–Crippen LogP) is 2.20. The molecular weight excluding hydrogens is 264 g/mol. The molecule has 0 heterocycles. The van der Waals surface area contributed by atoms with Crippen LogP contribution >= 0.6 is 0 Å². The number of hydrogen-bond acceptors (Lipinski definition) is 3. The molecule has 0 saturated carbocycles. The predicted molar refractivity (Wildman–Crippen MR) is 81.9 cm³/mol. The molecule has 0 amide bonds. The van der Waals surface area contributed by atoms with Gasteiger partial charge in [0.05, 0.1) is 13.2 Å². The van der Waals surface area contributed by atoms with E-state index in [0.717, 1.165) is 41.4 Å². The number of aryl methyl sites for hydroxylation is 2. The van der Waals surface area contributed by atoms with E-state index >= 15 is 0 Å². The molecule has 0 spiro atoms. The second kappa shape index (κ2) is 7.72. The molecule has 3 heteroatoms. The van der Waals surface area contributed by atoms with Crippen molar-refractivity contribution in [1.82, 2.24) is 0 Å². The molecule has 0 atom stereocenters. The Hall–Kier alpha value is -1.97. The molecule has 2 aromatic rings. The third-order valence-corrected chi connectivity index (χ3v) is 3.62. The van der Waals surface area contributed by atoms with Gasteiger partial charge in [0.15, 0.2) is 0 Å². The molecule has 0 aliphatic heterocycles. The lowest BCUT2D eigenvalue weighted by molar-refractivity contribution is -0.107. The van der Waals surface area contributed by atoms with Crippen LogP contribution in [0.5, 0.6) is 0 Å². The average molecular weight is 284 g/mol. The molecule has 0 aliphatic rings. The van der Waals surface area contributed by atoms with E-state index in [1.54, 1.807) is 0 Å². The number of hydrogen-bond donors (Lipinski definition) is 2. The first-order valence-electron chi connectivity index (χ1n) is 7.10. The van der Waals surface area contributed by atoms with Crippen LogP contribution in [0.25, 0.3) is 0 Å². The zero-order valence-corrected chi connectivity index (χ0v) is 12.0. The van der Waals surface area contributed by atoms with Crippen molar-refractivity contribution in [2.75, 3.05) is 0 Å². The largest absolute Gasteiger partial charge is 0.392 e. The van der Waals surface area contributed by atoms with Crippen LogP contribution in [-0.4, -0.2) is 16.5 Å². The number of aliphatic hydroxyl groups is 2. The van der Waals surface area contributed by atoms with Crippen LogP contribution in [0.3, 0.4) is 0 Å². The molecule has 3 nitrogen and oxygen atoms in total. The van der Waals surface area contributed by atoms with Gasteiger partial charge >= 0.3 is 0 Å². The molecule has 21 heavy (non-hydrogen) atoms. The van der Waals surface area contributed by atoms with E-state index in [2.05, 4.69) is 12.1 Å². The molecule has 2 rings (SSSR count). The van der Waals surface area contributed by atoms with Crippen molar-refractivity contribution in [3.8, 4) is 0 Å². The summed E-state index contributed by atoms with van der Waals surface area (Å²) >= 11 is 0. The van der Waals surface area contributed by atoms with E-state index in [-0.39, 0.29) is 13.2 Å². The van der Waals surface area contributed by atoms with Crippen LogP contribution in [0.15, 0.2) is 42.5 Å². The number of carbonyl (C=O) groups is 1. The summed E-state index contributed by atoms with van der Waals surface area (Å²) in [4.78, 5) is 10.6. The van der Waals surface area contributed by atoms with Gasteiger partial charge in [-0.15, -0.1) is 0 Å². The Kier molecular flexibility index (Phi) is 5.67. The summed E-state index contributed by atoms with van der Waals surface area (Å²) in [5.41, 5.74) is 4.93. The summed E-state index contributed by atoms with van der Waals surface area (Å²) in [6.07, 6.45) is 3.12. The molecule has 0 unspecified atom stereocenters. The number of aldehydes is 1. The van der Waals surface area contributed by atoms with Crippen molar-refractivity contribution in [2.24, 2.45) is 0 Å². The fraction of sp³-hybridized carbons (Fsp3) is 0.278.